The summed E-state index contributed by atoms with van der Waals surface area (Å²) >= 11 is -1.11. The number of allylic oxidation sites excluding steroid dienone is 4. The van der Waals surface area contributed by atoms with Gasteiger partial charge in [0.05, 0.1) is 0 Å². The molecule has 0 aliphatic heterocycles. The molecule has 0 unspecified atom stereocenters. The molecular weight excluding hydrogens is 285 g/mol. The maximum absolute atomic E-state index is 2.43. The van der Waals surface area contributed by atoms with E-state index in [-0.39, 0.29) is 9.41 Å². The van der Waals surface area contributed by atoms with Gasteiger partial charge in [-0.1, -0.05) is 0 Å². The Labute approximate surface area is 107 Å². The van der Waals surface area contributed by atoms with Crippen LogP contribution in [0.4, 0.5) is 0 Å². The molecule has 16 heavy (non-hydrogen) atoms. The smallest absolute Gasteiger partial charge is 1.00 e. The van der Waals surface area contributed by atoms with Gasteiger partial charge >= 0.3 is 97.5 Å². The third-order valence-electron chi connectivity index (χ3n) is 2.89. The van der Waals surface area contributed by atoms with Crippen molar-refractivity contribution in [3.63, 3.8) is 0 Å². The molecule has 0 aromatic heterocycles. The average Bonchev–Trinajstić information content (AvgIpc) is 2.71. The van der Waals surface area contributed by atoms with Gasteiger partial charge in [-0.05, 0) is 0 Å². The molecule has 0 N–H and O–H groups in total. The number of hydrogen-bond donors (Lipinski definition) is 0. The number of hydrogen-bond acceptors (Lipinski definition) is 0. The molecule has 0 aromatic carbocycles. The molecule has 0 saturated carbocycles. The second-order valence-corrected chi connectivity index (χ2v) is 11.1. The zero-order valence-corrected chi connectivity index (χ0v) is 12.9. The van der Waals surface area contributed by atoms with E-state index in [1.165, 1.54) is 32.1 Å². The topological polar surface area (TPSA) is 0 Å². The molecule has 3 heteroatoms. The molecule has 1 aliphatic carbocycles. The fraction of sp³-hybridized carbons (Fsp3) is 0.692. The van der Waals surface area contributed by atoms with Gasteiger partial charge in [0.2, 0.25) is 0 Å². The van der Waals surface area contributed by atoms with Gasteiger partial charge in [-0.25, -0.2) is 0 Å². The molecule has 0 radical (unpaired) electrons. The Morgan fingerprint density at radius 2 is 1.62 bits per heavy atom. The average molecular weight is 309 g/mol. The minimum Gasteiger partial charge on any atom is -1.00 e. The minimum atomic E-state index is -1.11. The molecule has 0 aromatic rings. The second-order valence-electron chi connectivity index (χ2n) is 4.13. The predicted octanol–water partition coefficient (Wildman–Crippen LogP) is -1.11. The Kier molecular flexibility index (Phi) is 13.6. The molecule has 93 valence electrons. The maximum Gasteiger partial charge on any atom is -1.00 e. The van der Waals surface area contributed by atoms with Crippen LogP contribution in [0.1, 0.15) is 46.0 Å². The zero-order valence-electron chi connectivity index (χ0n) is 10.4. The van der Waals surface area contributed by atoms with Gasteiger partial charge in [0.25, 0.3) is 0 Å². The van der Waals surface area contributed by atoms with Crippen LogP contribution in [0.25, 0.3) is 0 Å². The molecule has 0 bridgehead atoms. The van der Waals surface area contributed by atoms with E-state index >= 15 is 0 Å². The monoisotopic (exact) mass is 307 g/mol. The van der Waals surface area contributed by atoms with Crippen molar-refractivity contribution in [1.29, 1.82) is 0 Å². The number of rotatable bonds is 7. The van der Waals surface area contributed by atoms with Crippen molar-refractivity contribution < 1.29 is 31.2 Å². The van der Waals surface area contributed by atoms with Crippen molar-refractivity contribution in [2.24, 2.45) is 0 Å². The molecule has 1 aliphatic rings. The summed E-state index contributed by atoms with van der Waals surface area (Å²) in [4.78, 5) is 0. The number of unbranched alkanes of at least 4 members (excludes halogenated alkanes) is 2. The van der Waals surface area contributed by atoms with Gasteiger partial charge in [-0.2, -0.15) is 0 Å². The van der Waals surface area contributed by atoms with Crippen LogP contribution in [0.5, 0.6) is 0 Å². The zero-order chi connectivity index (χ0) is 10.2. The van der Waals surface area contributed by atoms with Crippen molar-refractivity contribution in [2.75, 3.05) is 0 Å². The quantitative estimate of drug-likeness (QED) is 0.560. The van der Waals surface area contributed by atoms with Gasteiger partial charge in [0, 0.05) is 0 Å². The third kappa shape index (κ3) is 6.73. The van der Waals surface area contributed by atoms with Gasteiger partial charge in [-0.3, -0.25) is 0 Å². The molecule has 0 heterocycles. The standard InChI is InChI=1S/C5H5.2C4H9.2FH.Zr/c1-2-4-5-3-1;2*1-3-4-2;;;/h1-3H,4H2;2*1,3-4H2,2H3;2*1H;/q;;;;;+2/p-2. The van der Waals surface area contributed by atoms with Crippen molar-refractivity contribution in [3.8, 4) is 0 Å². The first-order valence-electron chi connectivity index (χ1n) is 6.09. The SMILES string of the molecule is CCC[CH2][Zr+2]([CH2]CCC)[C]1=CC=CC1.[F-].[F-]. The van der Waals surface area contributed by atoms with E-state index in [2.05, 4.69) is 32.1 Å². The van der Waals surface area contributed by atoms with Crippen molar-refractivity contribution in [3.05, 3.63) is 21.5 Å². The molecular formula is C13H23F2Zr. The van der Waals surface area contributed by atoms with Gasteiger partial charge < -0.3 is 9.41 Å². The maximum atomic E-state index is 2.43. The fourth-order valence-electron chi connectivity index (χ4n) is 1.94. The summed E-state index contributed by atoms with van der Waals surface area (Å²) in [6.45, 7) is 4.64. The van der Waals surface area contributed by atoms with Gasteiger partial charge in [0.1, 0.15) is 0 Å². The molecule has 0 atom stereocenters. The van der Waals surface area contributed by atoms with Crippen LogP contribution in [0.3, 0.4) is 0 Å². The van der Waals surface area contributed by atoms with Crippen LogP contribution in [-0.2, 0) is 21.8 Å². The van der Waals surface area contributed by atoms with Crippen LogP contribution in [0.15, 0.2) is 21.5 Å². The summed E-state index contributed by atoms with van der Waals surface area (Å²) in [5.74, 6) is 0. The first-order chi connectivity index (χ1) is 6.88. The van der Waals surface area contributed by atoms with Crippen molar-refractivity contribution >= 4 is 0 Å². The Balaban J connectivity index is 0. The third-order valence-corrected chi connectivity index (χ3v) is 10.7. The van der Waals surface area contributed by atoms with Crippen LogP contribution in [-0.4, -0.2) is 0 Å². The molecule has 0 nitrogen and oxygen atoms in total. The predicted molar refractivity (Wildman–Crippen MR) is 61.3 cm³/mol. The van der Waals surface area contributed by atoms with Crippen molar-refractivity contribution in [2.45, 2.75) is 54.2 Å². The van der Waals surface area contributed by atoms with Crippen molar-refractivity contribution in [1.82, 2.24) is 0 Å². The molecule has 0 fully saturated rings. The summed E-state index contributed by atoms with van der Waals surface area (Å²) in [5.41, 5.74) is 0. The molecule has 0 amide bonds. The van der Waals surface area contributed by atoms with E-state index in [4.69, 9.17) is 0 Å². The van der Waals surface area contributed by atoms with Crippen LogP contribution in [0, 0.1) is 0 Å². The van der Waals surface area contributed by atoms with E-state index in [0.717, 1.165) is 0 Å². The van der Waals surface area contributed by atoms with E-state index in [9.17, 15) is 0 Å². The molecule has 1 rings (SSSR count). The Morgan fingerprint density at radius 3 is 2.00 bits per heavy atom. The van der Waals surface area contributed by atoms with Gasteiger partial charge in [0.15, 0.2) is 0 Å². The van der Waals surface area contributed by atoms with Crippen LogP contribution < -0.4 is 9.41 Å². The summed E-state index contributed by atoms with van der Waals surface area (Å²) in [6.07, 6.45) is 14.1. The first kappa shape index (κ1) is 18.6. The molecule has 0 spiro atoms. The van der Waals surface area contributed by atoms with E-state index in [1.807, 2.05) is 3.28 Å². The fourth-order valence-corrected chi connectivity index (χ4v) is 9.78. The molecule has 0 saturated heterocycles. The summed E-state index contributed by atoms with van der Waals surface area (Å²) in [6, 6.07) is 0. The summed E-state index contributed by atoms with van der Waals surface area (Å²) in [5, 5.41) is 0. The Hall–Kier alpha value is 0.223. The van der Waals surface area contributed by atoms with E-state index < -0.39 is 21.8 Å². The number of halogens is 2. The minimum absolute atomic E-state index is 0. The summed E-state index contributed by atoms with van der Waals surface area (Å²) < 4.78 is 5.09. The van der Waals surface area contributed by atoms with E-state index in [0.29, 0.717) is 0 Å². The Morgan fingerprint density at radius 1 is 1.06 bits per heavy atom. The van der Waals surface area contributed by atoms with E-state index in [1.54, 1.807) is 8.26 Å². The normalized spacial score (nSPS) is 12.8. The van der Waals surface area contributed by atoms with Gasteiger partial charge in [-0.15, -0.1) is 0 Å². The van der Waals surface area contributed by atoms with Crippen LogP contribution >= 0.6 is 0 Å². The summed E-state index contributed by atoms with van der Waals surface area (Å²) in [7, 11) is 0. The largest absolute Gasteiger partial charge is 1.00 e. The first-order valence-corrected chi connectivity index (χ1v) is 10.8. The Bertz CT molecular complexity index is 204. The van der Waals surface area contributed by atoms with Crippen LogP contribution in [0.2, 0.25) is 8.26 Å². The second kappa shape index (κ2) is 11.7.